The highest BCUT2D eigenvalue weighted by atomic mass is 127. The fourth-order valence-electron chi connectivity index (χ4n) is 3.27. The van der Waals surface area contributed by atoms with Gasteiger partial charge in [-0.1, -0.05) is 12.1 Å². The molecule has 1 aliphatic rings. The van der Waals surface area contributed by atoms with Crippen molar-refractivity contribution in [3.05, 3.63) is 65.7 Å². The predicted octanol–water partition coefficient (Wildman–Crippen LogP) is 3.07. The summed E-state index contributed by atoms with van der Waals surface area (Å²) in [6, 6.07) is 13.2. The molecule has 1 aliphatic heterocycles. The van der Waals surface area contributed by atoms with Crippen LogP contribution in [0.4, 0.5) is 14.5 Å². The zero-order chi connectivity index (χ0) is 19.8. The number of rotatable bonds is 6. The molecule has 8 heteroatoms. The molecule has 1 saturated heterocycles. The summed E-state index contributed by atoms with van der Waals surface area (Å²) < 4.78 is 26.3. The van der Waals surface area contributed by atoms with Gasteiger partial charge in [0.15, 0.2) is 5.96 Å². The number of nitrogens with one attached hydrogen (secondary N) is 2. The molecular weight excluding hydrogens is 487 g/mol. The van der Waals surface area contributed by atoms with Gasteiger partial charge in [0.25, 0.3) is 0 Å². The van der Waals surface area contributed by atoms with Gasteiger partial charge in [-0.3, -0.25) is 9.89 Å². The Kier molecular flexibility index (Phi) is 9.59. The van der Waals surface area contributed by atoms with Crippen LogP contribution >= 0.6 is 24.0 Å². The van der Waals surface area contributed by atoms with Crippen molar-refractivity contribution in [3.63, 3.8) is 0 Å². The van der Waals surface area contributed by atoms with Crippen LogP contribution in [0.5, 0.6) is 0 Å². The number of nitrogens with zero attached hydrogens (tertiary/aromatic N) is 3. The molecule has 0 bridgehead atoms. The van der Waals surface area contributed by atoms with Gasteiger partial charge < -0.3 is 15.5 Å². The maximum absolute atomic E-state index is 13.2. The molecule has 2 aromatic rings. The normalized spacial score (nSPS) is 15.0. The van der Waals surface area contributed by atoms with E-state index < -0.39 is 0 Å². The first-order chi connectivity index (χ1) is 13.6. The molecule has 0 radical (unpaired) electrons. The topological polar surface area (TPSA) is 42.9 Å². The molecule has 0 spiro atoms. The minimum atomic E-state index is -0.234. The predicted molar refractivity (Wildman–Crippen MR) is 125 cm³/mol. The lowest BCUT2D eigenvalue weighted by atomic mass is 10.2. The van der Waals surface area contributed by atoms with Crippen molar-refractivity contribution in [3.8, 4) is 0 Å². The fraction of sp³-hybridized carbons (Fsp3) is 0.381. The molecule has 158 valence electrons. The highest BCUT2D eigenvalue weighted by Crippen LogP contribution is 2.16. The van der Waals surface area contributed by atoms with Gasteiger partial charge in [0.2, 0.25) is 0 Å². The lowest BCUT2D eigenvalue weighted by Gasteiger charge is -2.36. The lowest BCUT2D eigenvalue weighted by Crippen LogP contribution is -2.49. The molecule has 1 heterocycles. The highest BCUT2D eigenvalue weighted by Gasteiger charge is 2.16. The van der Waals surface area contributed by atoms with Gasteiger partial charge in [0, 0.05) is 58.5 Å². The molecule has 0 atom stereocenters. The number of hydrogen-bond donors (Lipinski definition) is 2. The van der Waals surface area contributed by atoms with E-state index in [0.29, 0.717) is 12.5 Å². The summed E-state index contributed by atoms with van der Waals surface area (Å²) in [5, 5.41) is 6.50. The first-order valence-corrected chi connectivity index (χ1v) is 9.56. The maximum Gasteiger partial charge on any atom is 0.191 e. The fourth-order valence-corrected chi connectivity index (χ4v) is 3.27. The van der Waals surface area contributed by atoms with Crippen LogP contribution in [-0.2, 0) is 6.54 Å². The molecule has 0 aromatic heterocycles. The molecule has 5 nitrogen and oxygen atoms in total. The van der Waals surface area contributed by atoms with Gasteiger partial charge in [0.05, 0.1) is 0 Å². The second-order valence-corrected chi connectivity index (χ2v) is 6.79. The average molecular weight is 515 g/mol. The first-order valence-electron chi connectivity index (χ1n) is 9.56. The van der Waals surface area contributed by atoms with Crippen LogP contribution in [-0.4, -0.2) is 57.2 Å². The second-order valence-electron chi connectivity index (χ2n) is 6.79. The van der Waals surface area contributed by atoms with Crippen LogP contribution in [0.2, 0.25) is 0 Å². The molecule has 0 aliphatic carbocycles. The smallest absolute Gasteiger partial charge is 0.191 e. The van der Waals surface area contributed by atoms with Crippen molar-refractivity contribution in [2.45, 2.75) is 6.54 Å². The Labute approximate surface area is 188 Å². The lowest BCUT2D eigenvalue weighted by molar-refractivity contribution is 0.261. The molecule has 1 fully saturated rings. The van der Waals surface area contributed by atoms with Crippen molar-refractivity contribution in [2.24, 2.45) is 4.99 Å². The summed E-state index contributed by atoms with van der Waals surface area (Å²) in [5.74, 6) is 0.268. The molecule has 29 heavy (non-hydrogen) atoms. The minimum Gasteiger partial charge on any atom is -0.369 e. The number of guanidine groups is 1. The minimum absolute atomic E-state index is 0. The third kappa shape index (κ3) is 7.43. The van der Waals surface area contributed by atoms with Crippen molar-refractivity contribution < 1.29 is 8.78 Å². The number of piperazine rings is 1. The van der Waals surface area contributed by atoms with Crippen molar-refractivity contribution in [1.82, 2.24) is 15.5 Å². The highest BCUT2D eigenvalue weighted by molar-refractivity contribution is 14.0. The first kappa shape index (κ1) is 23.3. The molecule has 0 unspecified atom stereocenters. The van der Waals surface area contributed by atoms with Crippen LogP contribution < -0.4 is 15.5 Å². The number of benzene rings is 2. The van der Waals surface area contributed by atoms with E-state index in [1.165, 1.54) is 24.3 Å². The standard InChI is InChI=1S/C21H27F2N5.HI/c1-24-21(26-16-17-3-2-4-19(23)15-17)25-9-10-27-11-13-28(14-12-27)20-7-5-18(22)6-8-20;/h2-8,15H,9-14,16H2,1H3,(H2,24,25,26);1H. The van der Waals surface area contributed by atoms with Crippen LogP contribution in [0.25, 0.3) is 0 Å². The Hall–Kier alpha value is -1.94. The molecule has 2 aromatic carbocycles. The second kappa shape index (κ2) is 11.9. The van der Waals surface area contributed by atoms with Gasteiger partial charge in [-0.05, 0) is 42.0 Å². The van der Waals surface area contributed by atoms with Crippen molar-refractivity contribution in [2.75, 3.05) is 51.2 Å². The number of aliphatic imine (C=N–C) groups is 1. The monoisotopic (exact) mass is 515 g/mol. The van der Waals surface area contributed by atoms with E-state index in [-0.39, 0.29) is 35.6 Å². The molecular formula is C21H28F2IN5. The van der Waals surface area contributed by atoms with Crippen LogP contribution in [0, 0.1) is 11.6 Å². The van der Waals surface area contributed by atoms with E-state index in [9.17, 15) is 8.78 Å². The third-order valence-corrected chi connectivity index (χ3v) is 4.86. The van der Waals surface area contributed by atoms with Crippen LogP contribution in [0.1, 0.15) is 5.56 Å². The van der Waals surface area contributed by atoms with E-state index in [4.69, 9.17) is 0 Å². The molecule has 2 N–H and O–H groups in total. The summed E-state index contributed by atoms with van der Waals surface area (Å²) >= 11 is 0. The zero-order valence-corrected chi connectivity index (χ0v) is 18.9. The Morgan fingerprint density at radius 3 is 2.34 bits per heavy atom. The van der Waals surface area contributed by atoms with Crippen molar-refractivity contribution in [1.29, 1.82) is 0 Å². The summed E-state index contributed by atoms with van der Waals surface area (Å²) in [6.45, 7) is 6.00. The maximum atomic E-state index is 13.2. The van der Waals surface area contributed by atoms with Gasteiger partial charge in [0.1, 0.15) is 11.6 Å². The number of halogens is 3. The van der Waals surface area contributed by atoms with Crippen LogP contribution in [0.3, 0.4) is 0 Å². The summed E-state index contributed by atoms with van der Waals surface area (Å²) in [5.41, 5.74) is 1.95. The summed E-state index contributed by atoms with van der Waals surface area (Å²) in [6.07, 6.45) is 0. The molecule has 0 saturated carbocycles. The Morgan fingerprint density at radius 2 is 1.69 bits per heavy atom. The van der Waals surface area contributed by atoms with Crippen molar-refractivity contribution >= 4 is 35.6 Å². The quantitative estimate of drug-likeness (QED) is 0.353. The van der Waals surface area contributed by atoms with Gasteiger partial charge >= 0.3 is 0 Å². The molecule has 0 amide bonds. The number of hydrogen-bond acceptors (Lipinski definition) is 3. The van der Waals surface area contributed by atoms with Crippen LogP contribution in [0.15, 0.2) is 53.5 Å². The van der Waals surface area contributed by atoms with E-state index >= 15 is 0 Å². The van der Waals surface area contributed by atoms with Gasteiger partial charge in [-0.15, -0.1) is 24.0 Å². The average Bonchev–Trinajstić information content (AvgIpc) is 2.72. The largest absolute Gasteiger partial charge is 0.369 e. The van der Waals surface area contributed by atoms with Gasteiger partial charge in [-0.2, -0.15) is 0 Å². The molecule has 3 rings (SSSR count). The van der Waals surface area contributed by atoms with E-state index in [1.54, 1.807) is 13.1 Å². The summed E-state index contributed by atoms with van der Waals surface area (Å²) in [4.78, 5) is 8.89. The third-order valence-electron chi connectivity index (χ3n) is 4.86. The SMILES string of the molecule is CN=C(NCCN1CCN(c2ccc(F)cc2)CC1)NCc1cccc(F)c1.I. The van der Waals surface area contributed by atoms with E-state index in [2.05, 4.69) is 25.4 Å². The summed E-state index contributed by atoms with van der Waals surface area (Å²) in [7, 11) is 1.72. The Bertz CT molecular complexity index is 777. The van der Waals surface area contributed by atoms with E-state index in [1.807, 2.05) is 18.2 Å². The van der Waals surface area contributed by atoms with Gasteiger partial charge in [-0.25, -0.2) is 8.78 Å². The van der Waals surface area contributed by atoms with E-state index in [0.717, 1.165) is 50.5 Å². The Morgan fingerprint density at radius 1 is 0.966 bits per heavy atom. The number of anilines is 1. The Balaban J connectivity index is 0.00000300. The zero-order valence-electron chi connectivity index (χ0n) is 16.6.